The van der Waals surface area contributed by atoms with E-state index in [0.29, 0.717) is 5.69 Å². The number of urea groups is 1. The van der Waals surface area contributed by atoms with Crippen molar-refractivity contribution in [3.63, 3.8) is 0 Å². The summed E-state index contributed by atoms with van der Waals surface area (Å²) in [7, 11) is -4.17. The van der Waals surface area contributed by atoms with Crippen LogP contribution in [0.2, 0.25) is 0 Å². The Morgan fingerprint density at radius 2 is 1.96 bits per heavy atom. The third-order valence-corrected chi connectivity index (χ3v) is 4.25. The summed E-state index contributed by atoms with van der Waals surface area (Å²) in [6.07, 6.45) is 1.13. The lowest BCUT2D eigenvalue weighted by molar-refractivity contribution is 0.0779. The molecule has 2 rings (SSSR count). The van der Waals surface area contributed by atoms with E-state index in [1.54, 1.807) is 18.2 Å². The summed E-state index contributed by atoms with van der Waals surface area (Å²) < 4.78 is 31.0. The molecule has 124 valence electrons. The SMILES string of the molecule is Cc1cccc(NC(=O)NS(=O)(=O)c2cc(C(C)(C)O)co2)c1. The van der Waals surface area contributed by atoms with Crippen LogP contribution in [0.3, 0.4) is 0 Å². The first-order valence-electron chi connectivity index (χ1n) is 6.80. The van der Waals surface area contributed by atoms with Gasteiger partial charge in [-0.1, -0.05) is 12.1 Å². The van der Waals surface area contributed by atoms with Crippen LogP contribution in [0.5, 0.6) is 0 Å². The molecule has 0 bridgehead atoms. The Bertz CT molecular complexity index is 818. The smallest absolute Gasteiger partial charge is 0.333 e. The van der Waals surface area contributed by atoms with Crippen molar-refractivity contribution in [3.05, 3.63) is 47.7 Å². The second-order valence-corrected chi connectivity index (χ2v) is 7.26. The zero-order valence-electron chi connectivity index (χ0n) is 13.0. The van der Waals surface area contributed by atoms with Crippen molar-refractivity contribution in [1.82, 2.24) is 4.72 Å². The van der Waals surface area contributed by atoms with Gasteiger partial charge in [-0.25, -0.2) is 9.52 Å². The van der Waals surface area contributed by atoms with Crippen molar-refractivity contribution in [2.24, 2.45) is 0 Å². The number of sulfonamides is 1. The zero-order chi connectivity index (χ0) is 17.3. The maximum Gasteiger partial charge on any atom is 0.333 e. The summed E-state index contributed by atoms with van der Waals surface area (Å²) in [5.74, 6) is 0. The van der Waals surface area contributed by atoms with Gasteiger partial charge in [0.1, 0.15) is 0 Å². The molecule has 2 aromatic rings. The van der Waals surface area contributed by atoms with Gasteiger partial charge in [-0.05, 0) is 38.5 Å². The van der Waals surface area contributed by atoms with E-state index in [9.17, 15) is 18.3 Å². The predicted molar refractivity (Wildman–Crippen MR) is 84.5 cm³/mol. The standard InChI is InChI=1S/C15H18N2O5S/c1-10-5-4-6-12(7-10)16-14(18)17-23(20,21)13-8-11(9-22-13)15(2,3)19/h4-9,19H,1-3H3,(H2,16,17,18). The maximum atomic E-state index is 12.1. The van der Waals surface area contributed by atoms with Gasteiger partial charge in [0.2, 0.25) is 5.09 Å². The van der Waals surface area contributed by atoms with E-state index in [4.69, 9.17) is 4.42 Å². The van der Waals surface area contributed by atoms with Crippen LogP contribution in [0.15, 0.2) is 46.1 Å². The number of hydrogen-bond acceptors (Lipinski definition) is 5. The summed E-state index contributed by atoms with van der Waals surface area (Å²) in [6.45, 7) is 4.83. The number of hydrogen-bond donors (Lipinski definition) is 3. The first-order valence-corrected chi connectivity index (χ1v) is 8.28. The highest BCUT2D eigenvalue weighted by atomic mass is 32.2. The summed E-state index contributed by atoms with van der Waals surface area (Å²) in [4.78, 5) is 11.8. The lowest BCUT2D eigenvalue weighted by atomic mass is 10.0. The quantitative estimate of drug-likeness (QED) is 0.793. The summed E-state index contributed by atoms with van der Waals surface area (Å²) in [5.41, 5.74) is 0.430. The van der Waals surface area contributed by atoms with E-state index in [-0.39, 0.29) is 5.56 Å². The number of aliphatic hydroxyl groups is 1. The Balaban J connectivity index is 2.11. The number of benzene rings is 1. The summed E-state index contributed by atoms with van der Waals surface area (Å²) >= 11 is 0. The predicted octanol–water partition coefficient (Wildman–Crippen LogP) is 2.33. The van der Waals surface area contributed by atoms with Gasteiger partial charge in [0, 0.05) is 17.3 Å². The van der Waals surface area contributed by atoms with Gasteiger partial charge in [-0.3, -0.25) is 0 Å². The Hall–Kier alpha value is -2.32. The number of aryl methyl sites for hydroxylation is 1. The van der Waals surface area contributed by atoms with Gasteiger partial charge in [-0.15, -0.1) is 0 Å². The first kappa shape index (κ1) is 17.0. The number of rotatable bonds is 4. The molecular formula is C15H18N2O5S. The number of carbonyl (C=O) groups is 1. The van der Waals surface area contributed by atoms with E-state index in [0.717, 1.165) is 11.8 Å². The molecule has 0 fully saturated rings. The fourth-order valence-electron chi connectivity index (χ4n) is 1.83. The molecule has 0 unspecified atom stereocenters. The molecule has 0 atom stereocenters. The topological polar surface area (TPSA) is 109 Å². The van der Waals surface area contributed by atoms with Crippen molar-refractivity contribution in [1.29, 1.82) is 0 Å². The lowest BCUT2D eigenvalue weighted by Gasteiger charge is -2.13. The molecule has 23 heavy (non-hydrogen) atoms. The fraction of sp³-hybridized carbons (Fsp3) is 0.267. The van der Waals surface area contributed by atoms with Crippen LogP contribution in [0.4, 0.5) is 10.5 Å². The lowest BCUT2D eigenvalue weighted by Crippen LogP contribution is -2.34. The zero-order valence-corrected chi connectivity index (χ0v) is 13.8. The van der Waals surface area contributed by atoms with Gasteiger partial charge in [0.05, 0.1) is 11.9 Å². The van der Waals surface area contributed by atoms with Crippen LogP contribution in [0, 0.1) is 6.92 Å². The monoisotopic (exact) mass is 338 g/mol. The van der Waals surface area contributed by atoms with E-state index >= 15 is 0 Å². The number of anilines is 1. The molecule has 0 spiro atoms. The molecule has 0 aliphatic heterocycles. The first-order chi connectivity index (χ1) is 10.6. The molecule has 1 aromatic heterocycles. The molecular weight excluding hydrogens is 320 g/mol. The molecule has 0 aliphatic rings. The minimum atomic E-state index is -4.17. The second kappa shape index (κ2) is 6.05. The van der Waals surface area contributed by atoms with Crippen LogP contribution in [-0.4, -0.2) is 19.6 Å². The molecule has 7 nitrogen and oxygen atoms in total. The summed E-state index contributed by atoms with van der Waals surface area (Å²) in [6, 6.07) is 7.19. The van der Waals surface area contributed by atoms with Gasteiger partial charge in [0.25, 0.3) is 10.0 Å². The average molecular weight is 338 g/mol. The highest BCUT2D eigenvalue weighted by Crippen LogP contribution is 2.24. The molecule has 1 heterocycles. The van der Waals surface area contributed by atoms with Crippen LogP contribution in [0.1, 0.15) is 25.0 Å². The number of furan rings is 1. The Morgan fingerprint density at radius 1 is 1.26 bits per heavy atom. The number of nitrogens with one attached hydrogen (secondary N) is 2. The molecule has 3 N–H and O–H groups in total. The molecule has 0 saturated heterocycles. The minimum Gasteiger partial charge on any atom is -0.451 e. The van der Waals surface area contributed by atoms with Gasteiger partial charge >= 0.3 is 6.03 Å². The van der Waals surface area contributed by atoms with Crippen LogP contribution >= 0.6 is 0 Å². The molecule has 8 heteroatoms. The van der Waals surface area contributed by atoms with Crippen molar-refractivity contribution in [2.75, 3.05) is 5.32 Å². The van der Waals surface area contributed by atoms with Gasteiger partial charge in [0.15, 0.2) is 0 Å². The molecule has 0 radical (unpaired) electrons. The molecule has 0 saturated carbocycles. The highest BCUT2D eigenvalue weighted by Gasteiger charge is 2.26. The third-order valence-electron chi connectivity index (χ3n) is 3.05. The maximum absolute atomic E-state index is 12.1. The van der Waals surface area contributed by atoms with Crippen LogP contribution in [0.25, 0.3) is 0 Å². The average Bonchev–Trinajstić information content (AvgIpc) is 2.87. The normalized spacial score (nSPS) is 12.0. The molecule has 2 amide bonds. The van der Waals surface area contributed by atoms with Gasteiger partial charge in [-0.2, -0.15) is 8.42 Å². The Morgan fingerprint density at radius 3 is 2.52 bits per heavy atom. The van der Waals surface area contributed by atoms with Gasteiger partial charge < -0.3 is 14.8 Å². The van der Waals surface area contributed by atoms with E-state index in [2.05, 4.69) is 5.32 Å². The van der Waals surface area contributed by atoms with Crippen molar-refractivity contribution >= 4 is 21.7 Å². The largest absolute Gasteiger partial charge is 0.451 e. The minimum absolute atomic E-state index is 0.289. The second-order valence-electron chi connectivity index (χ2n) is 5.64. The Kier molecular flexibility index (Phi) is 4.49. The number of amides is 2. The number of carbonyl (C=O) groups excluding carboxylic acids is 1. The molecule has 1 aromatic carbocycles. The Labute approximate surface area is 134 Å². The third kappa shape index (κ3) is 4.33. The van der Waals surface area contributed by atoms with Crippen molar-refractivity contribution in [2.45, 2.75) is 31.5 Å². The summed E-state index contributed by atoms with van der Waals surface area (Å²) in [5, 5.41) is 11.8. The highest BCUT2D eigenvalue weighted by molar-refractivity contribution is 7.89. The van der Waals surface area contributed by atoms with Crippen LogP contribution < -0.4 is 10.0 Å². The van der Waals surface area contributed by atoms with E-state index in [1.165, 1.54) is 19.9 Å². The molecule has 0 aliphatic carbocycles. The van der Waals surface area contributed by atoms with Crippen molar-refractivity contribution in [3.8, 4) is 0 Å². The van der Waals surface area contributed by atoms with Crippen molar-refractivity contribution < 1.29 is 22.7 Å². The fourth-order valence-corrected chi connectivity index (χ4v) is 2.68. The van der Waals surface area contributed by atoms with E-state index < -0.39 is 26.7 Å². The van der Waals surface area contributed by atoms with E-state index in [1.807, 2.05) is 17.7 Å². The van der Waals surface area contributed by atoms with Crippen LogP contribution in [-0.2, 0) is 15.6 Å².